The van der Waals surface area contributed by atoms with Gasteiger partial charge >= 0.3 is 0 Å². The van der Waals surface area contributed by atoms with Crippen LogP contribution in [0, 0.1) is 0 Å². The number of aryl methyl sites for hydroxylation is 1. The molecule has 3 aromatic rings. The SMILES string of the molecule is CCNC(=NCCc1nnc2ccccn12)NC1CCc2nc(C(C)C)nn2C1.I. The quantitative estimate of drug-likeness (QED) is 0.292. The van der Waals surface area contributed by atoms with Crippen LogP contribution in [0.15, 0.2) is 29.4 Å². The molecule has 0 fully saturated rings. The number of halogens is 1. The lowest BCUT2D eigenvalue weighted by Gasteiger charge is -2.25. The summed E-state index contributed by atoms with van der Waals surface area (Å²) in [6.45, 7) is 8.61. The standard InChI is InChI=1S/C20H29N9.HI/c1-4-21-20(22-11-10-18-26-25-17-7-5-6-12-28(17)18)23-15-8-9-16-24-19(14(2)3)27-29(16)13-15;/h5-7,12,14-15H,4,8-11,13H2,1-3H3,(H2,21,22,23);1H. The topological polar surface area (TPSA) is 97.3 Å². The van der Waals surface area contributed by atoms with Gasteiger partial charge in [0.1, 0.15) is 11.6 Å². The van der Waals surface area contributed by atoms with Gasteiger partial charge in [-0.1, -0.05) is 19.9 Å². The van der Waals surface area contributed by atoms with Gasteiger partial charge in [0.15, 0.2) is 17.4 Å². The number of guanidine groups is 1. The first-order chi connectivity index (χ1) is 14.1. The largest absolute Gasteiger partial charge is 0.357 e. The normalized spacial score (nSPS) is 16.4. The molecule has 1 atom stereocenters. The Morgan fingerprint density at radius 1 is 1.30 bits per heavy atom. The van der Waals surface area contributed by atoms with E-state index in [4.69, 9.17) is 4.99 Å². The zero-order chi connectivity index (χ0) is 20.2. The maximum atomic E-state index is 4.75. The Kier molecular flexibility index (Phi) is 7.62. The van der Waals surface area contributed by atoms with Crippen molar-refractivity contribution >= 4 is 35.6 Å². The van der Waals surface area contributed by atoms with Gasteiger partial charge in [0, 0.05) is 44.1 Å². The van der Waals surface area contributed by atoms with E-state index in [0.717, 1.165) is 61.4 Å². The summed E-state index contributed by atoms with van der Waals surface area (Å²) >= 11 is 0. The summed E-state index contributed by atoms with van der Waals surface area (Å²) in [5.74, 6) is 4.13. The minimum Gasteiger partial charge on any atom is -0.357 e. The summed E-state index contributed by atoms with van der Waals surface area (Å²) in [5.41, 5.74) is 0.864. The van der Waals surface area contributed by atoms with Gasteiger partial charge in [-0.15, -0.1) is 34.2 Å². The van der Waals surface area contributed by atoms with E-state index >= 15 is 0 Å². The predicted molar refractivity (Wildman–Crippen MR) is 127 cm³/mol. The first-order valence-electron chi connectivity index (χ1n) is 10.4. The molecule has 3 aromatic heterocycles. The van der Waals surface area contributed by atoms with Crippen LogP contribution in [-0.4, -0.2) is 54.5 Å². The number of aromatic nitrogens is 6. The van der Waals surface area contributed by atoms with E-state index in [2.05, 4.69) is 51.7 Å². The minimum absolute atomic E-state index is 0. The molecule has 0 aromatic carbocycles. The van der Waals surface area contributed by atoms with Crippen LogP contribution in [0.1, 0.15) is 50.6 Å². The van der Waals surface area contributed by atoms with Crippen molar-refractivity contribution in [2.45, 2.75) is 58.5 Å². The van der Waals surface area contributed by atoms with Crippen molar-refractivity contribution in [2.75, 3.05) is 13.1 Å². The zero-order valence-corrected chi connectivity index (χ0v) is 20.1. The number of rotatable bonds is 6. The van der Waals surface area contributed by atoms with Gasteiger partial charge in [0.05, 0.1) is 6.54 Å². The van der Waals surface area contributed by atoms with E-state index in [0.29, 0.717) is 12.5 Å². The molecule has 0 saturated carbocycles. The Labute approximate surface area is 193 Å². The molecule has 0 aliphatic carbocycles. The van der Waals surface area contributed by atoms with Crippen molar-refractivity contribution < 1.29 is 0 Å². The Hall–Kier alpha value is -2.24. The van der Waals surface area contributed by atoms with Crippen molar-refractivity contribution in [3.8, 4) is 0 Å². The first-order valence-corrected chi connectivity index (χ1v) is 10.4. The molecule has 2 N–H and O–H groups in total. The monoisotopic (exact) mass is 523 g/mol. The second-order valence-corrected chi connectivity index (χ2v) is 7.66. The number of fused-ring (bicyclic) bond motifs is 2. The van der Waals surface area contributed by atoms with Crippen molar-refractivity contribution in [2.24, 2.45) is 4.99 Å². The highest BCUT2D eigenvalue weighted by Gasteiger charge is 2.23. The van der Waals surface area contributed by atoms with Gasteiger partial charge < -0.3 is 10.6 Å². The van der Waals surface area contributed by atoms with Crippen LogP contribution in [-0.2, 0) is 19.4 Å². The molecule has 1 unspecified atom stereocenters. The highest BCUT2D eigenvalue weighted by atomic mass is 127. The molecule has 0 amide bonds. The van der Waals surface area contributed by atoms with Crippen LogP contribution in [0.25, 0.3) is 5.65 Å². The van der Waals surface area contributed by atoms with Gasteiger partial charge in [-0.2, -0.15) is 5.10 Å². The number of aliphatic imine (C=N–C) groups is 1. The van der Waals surface area contributed by atoms with E-state index < -0.39 is 0 Å². The van der Waals surface area contributed by atoms with Crippen LogP contribution < -0.4 is 10.6 Å². The van der Waals surface area contributed by atoms with Crippen molar-refractivity contribution in [1.82, 2.24) is 40.0 Å². The highest BCUT2D eigenvalue weighted by Crippen LogP contribution is 2.17. The Morgan fingerprint density at radius 2 is 2.17 bits per heavy atom. The Bertz CT molecular complexity index is 991. The van der Waals surface area contributed by atoms with E-state index in [-0.39, 0.29) is 30.0 Å². The van der Waals surface area contributed by atoms with Crippen LogP contribution in [0.2, 0.25) is 0 Å². The molecule has 162 valence electrons. The van der Waals surface area contributed by atoms with Gasteiger partial charge in [-0.25, -0.2) is 9.67 Å². The fraction of sp³-hybridized carbons (Fsp3) is 0.550. The molecule has 10 heteroatoms. The summed E-state index contributed by atoms with van der Waals surface area (Å²) in [5, 5.41) is 20.1. The molecule has 4 rings (SSSR count). The third kappa shape index (κ3) is 5.08. The number of nitrogens with one attached hydrogen (secondary N) is 2. The zero-order valence-electron chi connectivity index (χ0n) is 17.7. The fourth-order valence-electron chi connectivity index (χ4n) is 3.53. The van der Waals surface area contributed by atoms with Crippen LogP contribution in [0.5, 0.6) is 0 Å². The van der Waals surface area contributed by atoms with Gasteiger partial charge in [-0.3, -0.25) is 9.39 Å². The maximum Gasteiger partial charge on any atom is 0.191 e. The summed E-state index contributed by atoms with van der Waals surface area (Å²) in [7, 11) is 0. The molecule has 30 heavy (non-hydrogen) atoms. The molecular weight excluding hydrogens is 493 g/mol. The molecule has 0 spiro atoms. The van der Waals surface area contributed by atoms with E-state index in [1.165, 1.54) is 0 Å². The fourth-order valence-corrected chi connectivity index (χ4v) is 3.53. The van der Waals surface area contributed by atoms with E-state index in [9.17, 15) is 0 Å². The average Bonchev–Trinajstić information content (AvgIpc) is 3.32. The Morgan fingerprint density at radius 3 is 2.97 bits per heavy atom. The smallest absolute Gasteiger partial charge is 0.191 e. The minimum atomic E-state index is 0. The number of hydrogen-bond acceptors (Lipinski definition) is 5. The maximum absolute atomic E-state index is 4.75. The molecule has 0 saturated heterocycles. The number of hydrogen-bond donors (Lipinski definition) is 2. The summed E-state index contributed by atoms with van der Waals surface area (Å²) < 4.78 is 4.05. The molecule has 9 nitrogen and oxygen atoms in total. The molecule has 0 radical (unpaired) electrons. The Balaban J connectivity index is 0.00000256. The molecule has 4 heterocycles. The van der Waals surface area contributed by atoms with Crippen LogP contribution in [0.3, 0.4) is 0 Å². The lowest BCUT2D eigenvalue weighted by molar-refractivity contribution is 0.391. The summed E-state index contributed by atoms with van der Waals surface area (Å²) in [6, 6.07) is 6.20. The molecule has 1 aliphatic heterocycles. The van der Waals surface area contributed by atoms with Crippen LogP contribution >= 0.6 is 24.0 Å². The number of nitrogens with zero attached hydrogens (tertiary/aromatic N) is 7. The van der Waals surface area contributed by atoms with Gasteiger partial charge in [-0.05, 0) is 25.5 Å². The lowest BCUT2D eigenvalue weighted by Crippen LogP contribution is -2.47. The molecule has 0 bridgehead atoms. The highest BCUT2D eigenvalue weighted by molar-refractivity contribution is 14.0. The van der Waals surface area contributed by atoms with Gasteiger partial charge in [0.25, 0.3) is 0 Å². The lowest BCUT2D eigenvalue weighted by atomic mass is 10.1. The van der Waals surface area contributed by atoms with E-state index in [1.54, 1.807) is 0 Å². The molecule has 1 aliphatic rings. The van der Waals surface area contributed by atoms with Crippen molar-refractivity contribution in [1.29, 1.82) is 0 Å². The third-order valence-corrected chi connectivity index (χ3v) is 5.07. The van der Waals surface area contributed by atoms with Crippen molar-refractivity contribution in [3.05, 3.63) is 41.9 Å². The van der Waals surface area contributed by atoms with Crippen molar-refractivity contribution in [3.63, 3.8) is 0 Å². The number of pyridine rings is 1. The first kappa shape index (κ1) is 22.4. The molecular formula is C20H30IN9. The second-order valence-electron chi connectivity index (χ2n) is 7.66. The average molecular weight is 523 g/mol. The summed E-state index contributed by atoms with van der Waals surface area (Å²) in [6.07, 6.45) is 4.68. The van der Waals surface area contributed by atoms with Gasteiger partial charge in [0.2, 0.25) is 0 Å². The summed E-state index contributed by atoms with van der Waals surface area (Å²) in [4.78, 5) is 9.41. The predicted octanol–water partition coefficient (Wildman–Crippen LogP) is 2.17. The second kappa shape index (κ2) is 10.2. The van der Waals surface area contributed by atoms with Crippen LogP contribution in [0.4, 0.5) is 0 Å². The van der Waals surface area contributed by atoms with E-state index in [1.807, 2.05) is 33.5 Å². The third-order valence-electron chi connectivity index (χ3n) is 5.07.